The van der Waals surface area contributed by atoms with Crippen LogP contribution in [0.15, 0.2) is 47.5 Å². The van der Waals surface area contributed by atoms with Crippen LogP contribution in [-0.2, 0) is 6.42 Å². The number of ether oxygens (including phenoxy) is 2. The first-order valence-corrected chi connectivity index (χ1v) is 6.38. The minimum atomic E-state index is 0.300. The molecule has 0 amide bonds. The van der Waals surface area contributed by atoms with Crippen molar-refractivity contribution in [2.45, 2.75) is 13.3 Å². The third-order valence-corrected chi connectivity index (χ3v) is 3.10. The Morgan fingerprint density at radius 2 is 1.84 bits per heavy atom. The van der Waals surface area contributed by atoms with Gasteiger partial charge in [0.1, 0.15) is 0 Å². The molecule has 3 rings (SSSR count). The van der Waals surface area contributed by atoms with E-state index < -0.39 is 0 Å². The summed E-state index contributed by atoms with van der Waals surface area (Å²) < 4.78 is 10.6. The Bertz CT molecular complexity index is 603. The van der Waals surface area contributed by atoms with E-state index in [1.807, 2.05) is 36.5 Å². The third kappa shape index (κ3) is 2.60. The maximum absolute atomic E-state index is 5.34. The van der Waals surface area contributed by atoms with Crippen molar-refractivity contribution >= 4 is 11.9 Å². The number of nitrogens with zero attached hydrogens (tertiary/aromatic N) is 1. The van der Waals surface area contributed by atoms with Crippen LogP contribution in [0.1, 0.15) is 18.1 Å². The fourth-order valence-electron chi connectivity index (χ4n) is 1.96. The van der Waals surface area contributed by atoms with Crippen LogP contribution in [0.2, 0.25) is 0 Å². The highest BCUT2D eigenvalue weighted by Crippen LogP contribution is 2.32. The fourth-order valence-corrected chi connectivity index (χ4v) is 1.96. The largest absolute Gasteiger partial charge is 0.454 e. The van der Waals surface area contributed by atoms with Gasteiger partial charge < -0.3 is 9.47 Å². The van der Waals surface area contributed by atoms with Crippen molar-refractivity contribution < 1.29 is 9.47 Å². The SMILES string of the molecule is CCc1ccc(N=Cc2ccc3c(c2)OCO3)cc1. The van der Waals surface area contributed by atoms with Gasteiger partial charge in [-0.1, -0.05) is 19.1 Å². The molecule has 0 aliphatic carbocycles. The van der Waals surface area contributed by atoms with Gasteiger partial charge in [-0.05, 0) is 47.9 Å². The van der Waals surface area contributed by atoms with Crippen molar-refractivity contribution in [3.05, 3.63) is 53.6 Å². The van der Waals surface area contributed by atoms with Crippen LogP contribution >= 0.6 is 0 Å². The van der Waals surface area contributed by atoms with Gasteiger partial charge in [0.25, 0.3) is 0 Å². The molecule has 3 heteroatoms. The van der Waals surface area contributed by atoms with E-state index in [0.717, 1.165) is 29.2 Å². The molecule has 0 spiro atoms. The minimum Gasteiger partial charge on any atom is -0.454 e. The van der Waals surface area contributed by atoms with E-state index >= 15 is 0 Å². The summed E-state index contributed by atoms with van der Waals surface area (Å²) in [6, 6.07) is 14.1. The monoisotopic (exact) mass is 253 g/mol. The highest BCUT2D eigenvalue weighted by Gasteiger charge is 2.12. The van der Waals surface area contributed by atoms with Gasteiger partial charge in [-0.3, -0.25) is 4.99 Å². The maximum Gasteiger partial charge on any atom is 0.231 e. The molecular weight excluding hydrogens is 238 g/mol. The quantitative estimate of drug-likeness (QED) is 0.780. The maximum atomic E-state index is 5.34. The summed E-state index contributed by atoms with van der Waals surface area (Å²) in [5.41, 5.74) is 3.28. The topological polar surface area (TPSA) is 30.8 Å². The summed E-state index contributed by atoms with van der Waals surface area (Å²) in [7, 11) is 0. The van der Waals surface area contributed by atoms with E-state index in [0.29, 0.717) is 6.79 Å². The molecule has 0 saturated carbocycles. The van der Waals surface area contributed by atoms with Crippen molar-refractivity contribution in [1.29, 1.82) is 0 Å². The molecule has 0 N–H and O–H groups in total. The van der Waals surface area contributed by atoms with Crippen LogP contribution in [0.3, 0.4) is 0 Å². The first-order chi connectivity index (χ1) is 9.35. The predicted octanol–water partition coefficient (Wildman–Crippen LogP) is 3.73. The van der Waals surface area contributed by atoms with Gasteiger partial charge in [-0.2, -0.15) is 0 Å². The minimum absolute atomic E-state index is 0.300. The van der Waals surface area contributed by atoms with Crippen LogP contribution in [-0.4, -0.2) is 13.0 Å². The Morgan fingerprint density at radius 3 is 2.63 bits per heavy atom. The van der Waals surface area contributed by atoms with Crippen molar-refractivity contribution in [1.82, 2.24) is 0 Å². The molecule has 0 aromatic heterocycles. The normalized spacial score (nSPS) is 13.1. The number of fused-ring (bicyclic) bond motifs is 1. The van der Waals surface area contributed by atoms with Crippen LogP contribution in [0.4, 0.5) is 5.69 Å². The van der Waals surface area contributed by atoms with E-state index in [1.165, 1.54) is 5.56 Å². The van der Waals surface area contributed by atoms with Gasteiger partial charge in [-0.25, -0.2) is 0 Å². The summed E-state index contributed by atoms with van der Waals surface area (Å²) in [4.78, 5) is 4.46. The highest BCUT2D eigenvalue weighted by atomic mass is 16.7. The van der Waals surface area contributed by atoms with Gasteiger partial charge >= 0.3 is 0 Å². The zero-order valence-corrected chi connectivity index (χ0v) is 10.8. The number of rotatable bonds is 3. The molecule has 0 bridgehead atoms. The summed E-state index contributed by atoms with van der Waals surface area (Å²) >= 11 is 0. The summed E-state index contributed by atoms with van der Waals surface area (Å²) in [5, 5.41) is 0. The molecule has 0 saturated heterocycles. The van der Waals surface area contributed by atoms with Gasteiger partial charge in [-0.15, -0.1) is 0 Å². The Kier molecular flexibility index (Phi) is 3.19. The second-order valence-corrected chi connectivity index (χ2v) is 4.39. The molecule has 1 heterocycles. The molecule has 96 valence electrons. The van der Waals surface area contributed by atoms with Crippen LogP contribution < -0.4 is 9.47 Å². The number of aliphatic imine (C=N–C) groups is 1. The van der Waals surface area contributed by atoms with Gasteiger partial charge in [0.05, 0.1) is 5.69 Å². The zero-order chi connectivity index (χ0) is 13.1. The molecule has 0 radical (unpaired) electrons. The number of hydrogen-bond donors (Lipinski definition) is 0. The van der Waals surface area contributed by atoms with E-state index in [4.69, 9.17) is 9.47 Å². The summed E-state index contributed by atoms with van der Waals surface area (Å²) in [5.74, 6) is 1.58. The molecule has 1 aliphatic rings. The Labute approximate surface area is 112 Å². The second kappa shape index (κ2) is 5.14. The van der Waals surface area contributed by atoms with Crippen LogP contribution in [0.25, 0.3) is 0 Å². The molecule has 0 atom stereocenters. The highest BCUT2D eigenvalue weighted by molar-refractivity contribution is 5.83. The van der Waals surface area contributed by atoms with Crippen molar-refractivity contribution in [2.24, 2.45) is 4.99 Å². The third-order valence-electron chi connectivity index (χ3n) is 3.10. The Hall–Kier alpha value is -2.29. The first kappa shape index (κ1) is 11.8. The summed E-state index contributed by atoms with van der Waals surface area (Å²) in [6.07, 6.45) is 2.88. The number of benzene rings is 2. The van der Waals surface area contributed by atoms with E-state index in [2.05, 4.69) is 24.0 Å². The van der Waals surface area contributed by atoms with Gasteiger partial charge in [0.2, 0.25) is 6.79 Å². The van der Waals surface area contributed by atoms with E-state index in [-0.39, 0.29) is 0 Å². The lowest BCUT2D eigenvalue weighted by atomic mass is 10.1. The Morgan fingerprint density at radius 1 is 1.05 bits per heavy atom. The second-order valence-electron chi connectivity index (χ2n) is 4.39. The number of hydrogen-bond acceptors (Lipinski definition) is 3. The molecule has 3 nitrogen and oxygen atoms in total. The number of aryl methyl sites for hydroxylation is 1. The molecular formula is C16H15NO2. The lowest BCUT2D eigenvalue weighted by molar-refractivity contribution is 0.174. The average molecular weight is 253 g/mol. The lowest BCUT2D eigenvalue weighted by Gasteiger charge is -1.99. The van der Waals surface area contributed by atoms with Crippen LogP contribution in [0, 0.1) is 0 Å². The molecule has 1 aliphatic heterocycles. The van der Waals surface area contributed by atoms with Gasteiger partial charge in [0, 0.05) is 6.21 Å². The Balaban J connectivity index is 1.78. The molecule has 2 aromatic rings. The predicted molar refractivity (Wildman–Crippen MR) is 75.6 cm³/mol. The zero-order valence-electron chi connectivity index (χ0n) is 10.8. The molecule has 2 aromatic carbocycles. The van der Waals surface area contributed by atoms with E-state index in [1.54, 1.807) is 0 Å². The van der Waals surface area contributed by atoms with Gasteiger partial charge in [0.15, 0.2) is 11.5 Å². The molecule has 0 fully saturated rings. The molecule has 19 heavy (non-hydrogen) atoms. The molecule has 0 unspecified atom stereocenters. The lowest BCUT2D eigenvalue weighted by Crippen LogP contribution is -1.92. The van der Waals surface area contributed by atoms with Crippen LogP contribution in [0.5, 0.6) is 11.5 Å². The standard InChI is InChI=1S/C16H15NO2/c1-2-12-3-6-14(7-4-12)17-10-13-5-8-15-16(9-13)19-11-18-15/h3-10H,2,11H2,1H3. The van der Waals surface area contributed by atoms with Crippen molar-refractivity contribution in [2.75, 3.05) is 6.79 Å². The average Bonchev–Trinajstić information content (AvgIpc) is 2.93. The smallest absolute Gasteiger partial charge is 0.231 e. The van der Waals surface area contributed by atoms with Crippen molar-refractivity contribution in [3.63, 3.8) is 0 Å². The first-order valence-electron chi connectivity index (χ1n) is 6.38. The van der Waals surface area contributed by atoms with Crippen molar-refractivity contribution in [3.8, 4) is 11.5 Å². The fraction of sp³-hybridized carbons (Fsp3) is 0.188. The summed E-state index contributed by atoms with van der Waals surface area (Å²) in [6.45, 7) is 2.44. The van der Waals surface area contributed by atoms with E-state index in [9.17, 15) is 0 Å².